The Balaban J connectivity index is 1.50. The van der Waals surface area contributed by atoms with Crippen LogP contribution in [0.4, 0.5) is 5.82 Å². The highest BCUT2D eigenvalue weighted by molar-refractivity contribution is 5.87. The van der Waals surface area contributed by atoms with Crippen molar-refractivity contribution in [2.45, 2.75) is 32.6 Å². The SMILES string of the molecule is C=CC(=O)N1CCN(c2nc(OC)nc3c2CC(C)C(c2c(C)ccc4[nH]ncc24)C3)CC1. The Bertz CT molecular complexity index is 1210. The Labute approximate surface area is 193 Å². The zero-order chi connectivity index (χ0) is 23.1. The second-order valence-corrected chi connectivity index (χ2v) is 9.10. The number of methoxy groups -OCH3 is 1. The van der Waals surface area contributed by atoms with Crippen molar-refractivity contribution in [3.8, 4) is 6.01 Å². The standard InChI is InChI=1S/C25H30N6O2/c1-5-22(32)30-8-10-31(11-9-30)24-18-12-16(3)17(13-21(18)27-25(28-24)33-4)23-15(2)6-7-20-19(23)14-26-29-20/h5-7,14,16-17H,1,8-13H2,2-4H3,(H,26,29). The average Bonchev–Trinajstić information content (AvgIpc) is 3.32. The largest absolute Gasteiger partial charge is 0.467 e. The van der Waals surface area contributed by atoms with Crippen LogP contribution in [0.2, 0.25) is 0 Å². The molecule has 2 atom stereocenters. The number of carbonyl (C=O) groups is 1. The van der Waals surface area contributed by atoms with Gasteiger partial charge in [-0.2, -0.15) is 15.1 Å². The zero-order valence-electron chi connectivity index (χ0n) is 19.5. The Morgan fingerprint density at radius 2 is 2.00 bits per heavy atom. The maximum atomic E-state index is 12.0. The molecule has 3 aromatic rings. The van der Waals surface area contributed by atoms with E-state index in [2.05, 4.69) is 47.7 Å². The third-order valence-electron chi connectivity index (χ3n) is 7.18. The number of nitrogens with one attached hydrogen (secondary N) is 1. The summed E-state index contributed by atoms with van der Waals surface area (Å²) < 4.78 is 5.50. The number of nitrogens with zero attached hydrogens (tertiary/aromatic N) is 5. The van der Waals surface area contributed by atoms with E-state index in [-0.39, 0.29) is 5.91 Å². The molecule has 1 amide bonds. The topological polar surface area (TPSA) is 87.2 Å². The molecule has 1 N–H and O–H groups in total. The fourth-order valence-corrected chi connectivity index (χ4v) is 5.39. The number of carbonyl (C=O) groups excluding carboxylic acids is 1. The van der Waals surface area contributed by atoms with Gasteiger partial charge in [0.1, 0.15) is 5.82 Å². The van der Waals surface area contributed by atoms with Crippen LogP contribution in [0.3, 0.4) is 0 Å². The molecule has 1 aliphatic heterocycles. The second kappa shape index (κ2) is 8.50. The number of aromatic amines is 1. The lowest BCUT2D eigenvalue weighted by Crippen LogP contribution is -2.49. The summed E-state index contributed by atoms with van der Waals surface area (Å²) in [7, 11) is 1.62. The molecule has 2 aliphatic rings. The number of amides is 1. The summed E-state index contributed by atoms with van der Waals surface area (Å²) in [4.78, 5) is 25.7. The predicted octanol–water partition coefficient (Wildman–Crippen LogP) is 3.02. The third kappa shape index (κ3) is 3.73. The van der Waals surface area contributed by atoms with Crippen LogP contribution in [0.15, 0.2) is 31.0 Å². The van der Waals surface area contributed by atoms with Crippen LogP contribution in [0.25, 0.3) is 10.9 Å². The molecule has 2 unspecified atom stereocenters. The Hall–Kier alpha value is -3.42. The highest BCUT2D eigenvalue weighted by Crippen LogP contribution is 2.43. The van der Waals surface area contributed by atoms with Gasteiger partial charge in [-0.3, -0.25) is 9.89 Å². The van der Waals surface area contributed by atoms with Crippen LogP contribution in [0.1, 0.15) is 35.2 Å². The molecule has 1 aromatic carbocycles. The van der Waals surface area contributed by atoms with Gasteiger partial charge < -0.3 is 14.5 Å². The molecule has 8 nitrogen and oxygen atoms in total. The number of ether oxygens (including phenoxy) is 1. The number of aryl methyl sites for hydroxylation is 1. The molecule has 0 saturated carbocycles. The summed E-state index contributed by atoms with van der Waals surface area (Å²) in [5.74, 6) is 1.70. The van der Waals surface area contributed by atoms with E-state index in [4.69, 9.17) is 14.7 Å². The van der Waals surface area contributed by atoms with E-state index >= 15 is 0 Å². The minimum Gasteiger partial charge on any atom is -0.467 e. The number of hydrogen-bond donors (Lipinski definition) is 1. The van der Waals surface area contributed by atoms with Gasteiger partial charge in [-0.05, 0) is 54.9 Å². The van der Waals surface area contributed by atoms with E-state index < -0.39 is 0 Å². The van der Waals surface area contributed by atoms with Crippen LogP contribution in [-0.4, -0.2) is 64.3 Å². The number of hydrogen-bond acceptors (Lipinski definition) is 6. The number of aromatic nitrogens is 4. The van der Waals surface area contributed by atoms with Crippen molar-refractivity contribution < 1.29 is 9.53 Å². The molecule has 2 aromatic heterocycles. The molecule has 172 valence electrons. The summed E-state index contributed by atoms with van der Waals surface area (Å²) in [6.45, 7) is 10.9. The first-order valence-corrected chi connectivity index (χ1v) is 11.5. The van der Waals surface area contributed by atoms with Gasteiger partial charge in [0.25, 0.3) is 0 Å². The summed E-state index contributed by atoms with van der Waals surface area (Å²) >= 11 is 0. The van der Waals surface area contributed by atoms with Crippen LogP contribution in [0.5, 0.6) is 6.01 Å². The highest BCUT2D eigenvalue weighted by Gasteiger charge is 2.34. The van der Waals surface area contributed by atoms with E-state index in [1.54, 1.807) is 7.11 Å². The molecule has 3 heterocycles. The maximum absolute atomic E-state index is 12.0. The molecule has 8 heteroatoms. The van der Waals surface area contributed by atoms with Gasteiger partial charge in [0.05, 0.1) is 24.5 Å². The van der Waals surface area contributed by atoms with Crippen LogP contribution >= 0.6 is 0 Å². The first-order valence-electron chi connectivity index (χ1n) is 11.5. The summed E-state index contributed by atoms with van der Waals surface area (Å²) in [5.41, 5.74) is 5.98. The number of H-pyrrole nitrogens is 1. The van der Waals surface area contributed by atoms with Gasteiger partial charge >= 0.3 is 6.01 Å². The second-order valence-electron chi connectivity index (χ2n) is 9.10. The van der Waals surface area contributed by atoms with Gasteiger partial charge in [0, 0.05) is 37.1 Å². The van der Waals surface area contributed by atoms with Gasteiger partial charge in [0.2, 0.25) is 5.91 Å². The summed E-state index contributed by atoms with van der Waals surface area (Å²) in [6, 6.07) is 4.68. The number of benzene rings is 1. The van der Waals surface area contributed by atoms with Gasteiger partial charge in [-0.25, -0.2) is 0 Å². The van der Waals surface area contributed by atoms with Crippen molar-refractivity contribution in [2.75, 3.05) is 38.2 Å². The fraction of sp³-hybridized carbons (Fsp3) is 0.440. The Kier molecular flexibility index (Phi) is 5.52. The molecule has 1 fully saturated rings. The lowest BCUT2D eigenvalue weighted by molar-refractivity contribution is -0.126. The highest BCUT2D eigenvalue weighted by atomic mass is 16.5. The maximum Gasteiger partial charge on any atom is 0.318 e. The molecule has 0 radical (unpaired) electrons. The van der Waals surface area contributed by atoms with Crippen LogP contribution in [-0.2, 0) is 17.6 Å². The number of rotatable bonds is 4. The summed E-state index contributed by atoms with van der Waals surface area (Å²) in [6.07, 6.45) is 5.06. The fourth-order valence-electron chi connectivity index (χ4n) is 5.39. The lowest BCUT2D eigenvalue weighted by atomic mass is 9.73. The summed E-state index contributed by atoms with van der Waals surface area (Å²) in [5, 5.41) is 8.59. The molecular weight excluding hydrogens is 416 g/mol. The number of anilines is 1. The minimum atomic E-state index is -0.0165. The lowest BCUT2D eigenvalue weighted by Gasteiger charge is -2.38. The van der Waals surface area contributed by atoms with Gasteiger partial charge in [-0.15, -0.1) is 0 Å². The molecule has 1 aliphatic carbocycles. The smallest absolute Gasteiger partial charge is 0.318 e. The van der Waals surface area contributed by atoms with Crippen LogP contribution in [0, 0.1) is 12.8 Å². The third-order valence-corrected chi connectivity index (χ3v) is 7.18. The van der Waals surface area contributed by atoms with Gasteiger partial charge in [-0.1, -0.05) is 19.6 Å². The van der Waals surface area contributed by atoms with Crippen molar-refractivity contribution in [3.63, 3.8) is 0 Å². The number of piperazine rings is 1. The van der Waals surface area contributed by atoms with Crippen molar-refractivity contribution in [3.05, 3.63) is 53.4 Å². The van der Waals surface area contributed by atoms with Crippen molar-refractivity contribution >= 4 is 22.6 Å². The molecule has 0 bridgehead atoms. The van der Waals surface area contributed by atoms with E-state index in [1.807, 2.05) is 11.1 Å². The van der Waals surface area contributed by atoms with Crippen molar-refractivity contribution in [2.24, 2.45) is 5.92 Å². The molecular formula is C25H30N6O2. The minimum absolute atomic E-state index is 0.0165. The van der Waals surface area contributed by atoms with Gasteiger partial charge in [0.15, 0.2) is 0 Å². The van der Waals surface area contributed by atoms with Crippen molar-refractivity contribution in [1.82, 2.24) is 25.1 Å². The van der Waals surface area contributed by atoms with Crippen LogP contribution < -0.4 is 9.64 Å². The molecule has 1 saturated heterocycles. The zero-order valence-corrected chi connectivity index (χ0v) is 19.5. The Morgan fingerprint density at radius 1 is 1.21 bits per heavy atom. The Morgan fingerprint density at radius 3 is 2.73 bits per heavy atom. The molecule has 33 heavy (non-hydrogen) atoms. The average molecular weight is 447 g/mol. The van der Waals surface area contributed by atoms with Crippen molar-refractivity contribution in [1.29, 1.82) is 0 Å². The normalized spacial score (nSPS) is 20.6. The van der Waals surface area contributed by atoms with E-state index in [1.165, 1.54) is 28.2 Å². The number of fused-ring (bicyclic) bond motifs is 2. The first kappa shape index (κ1) is 21.4. The predicted molar refractivity (Wildman–Crippen MR) is 128 cm³/mol. The monoisotopic (exact) mass is 446 g/mol. The first-order chi connectivity index (χ1) is 16.0. The molecule has 0 spiro atoms. The quantitative estimate of drug-likeness (QED) is 0.620. The van der Waals surface area contributed by atoms with E-state index in [9.17, 15) is 4.79 Å². The van der Waals surface area contributed by atoms with E-state index in [0.29, 0.717) is 30.9 Å². The van der Waals surface area contributed by atoms with E-state index in [0.717, 1.165) is 43.0 Å². The molecule has 5 rings (SSSR count).